The lowest BCUT2D eigenvalue weighted by Gasteiger charge is -2.32. The Hall–Kier alpha value is -0.380. The van der Waals surface area contributed by atoms with Gasteiger partial charge in [-0.3, -0.25) is 4.90 Å². The highest BCUT2D eigenvalue weighted by molar-refractivity contribution is 7.12. The molecule has 1 aromatic heterocycles. The van der Waals surface area contributed by atoms with Crippen molar-refractivity contribution in [2.45, 2.75) is 46.2 Å². The van der Waals surface area contributed by atoms with Gasteiger partial charge in [0.05, 0.1) is 0 Å². The molecule has 2 nitrogen and oxygen atoms in total. The fraction of sp³-hybridized carbons (Fsp3) is 0.692. The minimum Gasteiger partial charge on any atom is -0.329 e. The van der Waals surface area contributed by atoms with Gasteiger partial charge in [0.1, 0.15) is 0 Å². The summed E-state index contributed by atoms with van der Waals surface area (Å²) in [5, 5.41) is 0. The van der Waals surface area contributed by atoms with Crippen LogP contribution in [0.1, 0.15) is 41.6 Å². The summed E-state index contributed by atoms with van der Waals surface area (Å²) >= 11 is 1.87. The minimum absolute atomic E-state index is 0.361. The molecule has 0 bridgehead atoms. The summed E-state index contributed by atoms with van der Waals surface area (Å²) in [5.74, 6) is 0. The monoisotopic (exact) mass is 240 g/mol. The largest absolute Gasteiger partial charge is 0.329 e. The number of hydrogen-bond acceptors (Lipinski definition) is 3. The summed E-state index contributed by atoms with van der Waals surface area (Å²) < 4.78 is 0. The zero-order valence-corrected chi connectivity index (χ0v) is 11.9. The quantitative estimate of drug-likeness (QED) is 0.857. The molecule has 0 radical (unpaired) electrons. The van der Waals surface area contributed by atoms with Gasteiger partial charge in [0, 0.05) is 28.4 Å². The van der Waals surface area contributed by atoms with Gasteiger partial charge in [-0.2, -0.15) is 0 Å². The maximum atomic E-state index is 5.94. The highest BCUT2D eigenvalue weighted by Gasteiger charge is 2.21. The van der Waals surface area contributed by atoms with Gasteiger partial charge >= 0.3 is 0 Å². The molecule has 0 saturated heterocycles. The van der Waals surface area contributed by atoms with Crippen molar-refractivity contribution < 1.29 is 0 Å². The van der Waals surface area contributed by atoms with Gasteiger partial charge in [0.2, 0.25) is 0 Å². The molecule has 1 heterocycles. The normalized spacial score (nSPS) is 15.4. The van der Waals surface area contributed by atoms with E-state index in [1.165, 1.54) is 15.3 Å². The molecule has 2 atom stereocenters. The van der Waals surface area contributed by atoms with Crippen molar-refractivity contribution in [2.24, 2.45) is 5.73 Å². The van der Waals surface area contributed by atoms with Crippen LogP contribution < -0.4 is 5.73 Å². The number of rotatable bonds is 5. The summed E-state index contributed by atoms with van der Waals surface area (Å²) in [5.41, 5.74) is 7.35. The standard InChI is InChI=1S/C13H24N2S/c1-6-9(2)15(5)13(8-14)12-7-10(3)16-11(12)4/h7,9,13H,6,8,14H2,1-5H3. The lowest BCUT2D eigenvalue weighted by Crippen LogP contribution is -2.36. The van der Waals surface area contributed by atoms with E-state index in [0.717, 1.165) is 6.42 Å². The Morgan fingerprint density at radius 3 is 2.44 bits per heavy atom. The molecule has 0 spiro atoms. The molecular formula is C13H24N2S. The number of thiophene rings is 1. The van der Waals surface area contributed by atoms with E-state index >= 15 is 0 Å². The fourth-order valence-corrected chi connectivity index (χ4v) is 3.07. The van der Waals surface area contributed by atoms with Crippen molar-refractivity contribution in [1.29, 1.82) is 0 Å². The Bertz CT molecular complexity index is 333. The van der Waals surface area contributed by atoms with Crippen molar-refractivity contribution in [2.75, 3.05) is 13.6 Å². The van der Waals surface area contributed by atoms with E-state index in [-0.39, 0.29) is 0 Å². The maximum Gasteiger partial charge on any atom is 0.0481 e. The SMILES string of the molecule is CCC(C)N(C)C(CN)c1cc(C)sc1C. The summed E-state index contributed by atoms with van der Waals surface area (Å²) in [6, 6.07) is 3.23. The Morgan fingerprint density at radius 1 is 1.44 bits per heavy atom. The third-order valence-electron chi connectivity index (χ3n) is 3.44. The number of hydrogen-bond donors (Lipinski definition) is 1. The predicted molar refractivity (Wildman–Crippen MR) is 73.1 cm³/mol. The van der Waals surface area contributed by atoms with Crippen LogP contribution in [0.4, 0.5) is 0 Å². The van der Waals surface area contributed by atoms with Crippen LogP contribution in [0, 0.1) is 13.8 Å². The van der Waals surface area contributed by atoms with Gasteiger partial charge in [-0.25, -0.2) is 0 Å². The third-order valence-corrected chi connectivity index (χ3v) is 4.42. The van der Waals surface area contributed by atoms with Crippen LogP contribution in [-0.4, -0.2) is 24.5 Å². The van der Waals surface area contributed by atoms with Gasteiger partial charge in [-0.15, -0.1) is 11.3 Å². The van der Waals surface area contributed by atoms with Gasteiger partial charge in [0.15, 0.2) is 0 Å². The second-order valence-electron chi connectivity index (χ2n) is 4.54. The van der Waals surface area contributed by atoms with Crippen LogP contribution in [0.3, 0.4) is 0 Å². The highest BCUT2D eigenvalue weighted by atomic mass is 32.1. The van der Waals surface area contributed by atoms with E-state index in [0.29, 0.717) is 18.6 Å². The number of likely N-dealkylation sites (N-methyl/N-ethyl adjacent to an activating group) is 1. The summed E-state index contributed by atoms with van der Waals surface area (Å²) in [7, 11) is 2.18. The molecule has 1 rings (SSSR count). The summed E-state index contributed by atoms with van der Waals surface area (Å²) in [6.07, 6.45) is 1.16. The second-order valence-corrected chi connectivity index (χ2v) is 6.00. The Balaban J connectivity index is 2.93. The highest BCUT2D eigenvalue weighted by Crippen LogP contribution is 2.30. The molecule has 0 aliphatic carbocycles. The fourth-order valence-electron chi connectivity index (χ4n) is 2.09. The molecular weight excluding hydrogens is 216 g/mol. The first-order chi connectivity index (χ1) is 7.51. The van der Waals surface area contributed by atoms with Gasteiger partial charge in [-0.1, -0.05) is 6.92 Å². The van der Waals surface area contributed by atoms with Crippen molar-refractivity contribution in [3.8, 4) is 0 Å². The van der Waals surface area contributed by atoms with Gasteiger partial charge in [-0.05, 0) is 45.9 Å². The van der Waals surface area contributed by atoms with Crippen molar-refractivity contribution in [3.63, 3.8) is 0 Å². The number of nitrogens with two attached hydrogens (primary N) is 1. The molecule has 0 aliphatic rings. The van der Waals surface area contributed by atoms with Crippen molar-refractivity contribution in [3.05, 3.63) is 21.4 Å². The van der Waals surface area contributed by atoms with E-state index in [1.54, 1.807) is 0 Å². The Morgan fingerprint density at radius 2 is 2.06 bits per heavy atom. The lowest BCUT2D eigenvalue weighted by atomic mass is 10.0. The van der Waals surface area contributed by atoms with Crippen LogP contribution in [0.15, 0.2) is 6.07 Å². The Labute approximate surface area is 103 Å². The molecule has 3 heteroatoms. The average Bonchev–Trinajstić information content (AvgIpc) is 2.58. The molecule has 0 fully saturated rings. The van der Waals surface area contributed by atoms with Crippen molar-refractivity contribution in [1.82, 2.24) is 4.90 Å². The molecule has 16 heavy (non-hydrogen) atoms. The Kier molecular flexibility index (Phi) is 4.96. The maximum absolute atomic E-state index is 5.94. The molecule has 0 saturated carbocycles. The third kappa shape index (κ3) is 2.84. The van der Waals surface area contributed by atoms with Crippen LogP contribution in [0.2, 0.25) is 0 Å². The zero-order chi connectivity index (χ0) is 12.3. The molecule has 1 aromatic rings. The van der Waals surface area contributed by atoms with Crippen molar-refractivity contribution >= 4 is 11.3 Å². The topological polar surface area (TPSA) is 29.3 Å². The van der Waals surface area contributed by atoms with E-state index in [9.17, 15) is 0 Å². The second kappa shape index (κ2) is 5.80. The summed E-state index contributed by atoms with van der Waals surface area (Å²) in [4.78, 5) is 5.18. The molecule has 2 N–H and O–H groups in total. The van der Waals surface area contributed by atoms with Crippen LogP contribution in [0.5, 0.6) is 0 Å². The minimum atomic E-state index is 0.361. The first-order valence-electron chi connectivity index (χ1n) is 6.00. The number of aryl methyl sites for hydroxylation is 2. The lowest BCUT2D eigenvalue weighted by molar-refractivity contribution is 0.184. The summed E-state index contributed by atoms with van der Waals surface area (Å²) in [6.45, 7) is 9.54. The van der Waals surface area contributed by atoms with Crippen LogP contribution in [-0.2, 0) is 0 Å². The molecule has 92 valence electrons. The van der Waals surface area contributed by atoms with Crippen LogP contribution >= 0.6 is 11.3 Å². The van der Waals surface area contributed by atoms with E-state index in [2.05, 4.69) is 45.7 Å². The first-order valence-corrected chi connectivity index (χ1v) is 6.81. The molecule has 0 aromatic carbocycles. The van der Waals surface area contributed by atoms with E-state index in [1.807, 2.05) is 11.3 Å². The first kappa shape index (κ1) is 13.7. The smallest absolute Gasteiger partial charge is 0.0481 e. The predicted octanol–water partition coefficient (Wildman–Crippen LogP) is 3.10. The molecule has 0 amide bonds. The zero-order valence-electron chi connectivity index (χ0n) is 11.1. The average molecular weight is 240 g/mol. The number of nitrogens with zero attached hydrogens (tertiary/aromatic N) is 1. The molecule has 0 aliphatic heterocycles. The van der Waals surface area contributed by atoms with Gasteiger partial charge < -0.3 is 5.73 Å². The molecule has 2 unspecified atom stereocenters. The van der Waals surface area contributed by atoms with E-state index in [4.69, 9.17) is 5.73 Å². The van der Waals surface area contributed by atoms with E-state index < -0.39 is 0 Å². The van der Waals surface area contributed by atoms with Gasteiger partial charge in [0.25, 0.3) is 0 Å². The van der Waals surface area contributed by atoms with Crippen LogP contribution in [0.25, 0.3) is 0 Å².